The molecule has 10 heavy (non-hydrogen) atoms. The normalized spacial score (nSPS) is 38.2. The van der Waals surface area contributed by atoms with Crippen LogP contribution in [0.5, 0.6) is 0 Å². The van der Waals surface area contributed by atoms with E-state index in [9.17, 15) is 4.79 Å². The van der Waals surface area contributed by atoms with Crippen molar-refractivity contribution in [1.82, 2.24) is 0 Å². The Morgan fingerprint density at radius 1 is 1.60 bits per heavy atom. The summed E-state index contributed by atoms with van der Waals surface area (Å²) in [7, 11) is 0. The Balaban J connectivity index is 2.49. The van der Waals surface area contributed by atoms with Crippen LogP contribution in [0, 0.1) is 17.8 Å². The standard InChI is InChI=1S/C7H11ClO2/c1-3(2)4-5(6(4)8)7(9)10/h3-6H,1-2H3,(H,9,10)/t4-,5+,6-/m0/s1. The number of rotatable bonds is 2. The van der Waals surface area contributed by atoms with Crippen LogP contribution >= 0.6 is 11.6 Å². The van der Waals surface area contributed by atoms with Crippen LogP contribution in [0.15, 0.2) is 0 Å². The lowest BCUT2D eigenvalue weighted by molar-refractivity contribution is -0.138. The Labute approximate surface area is 65.2 Å². The molecule has 1 fully saturated rings. The molecule has 0 aromatic rings. The number of carbonyl (C=O) groups is 1. The van der Waals surface area contributed by atoms with Gasteiger partial charge in [0.1, 0.15) is 0 Å². The summed E-state index contributed by atoms with van der Waals surface area (Å²) in [5.74, 6) is -0.455. The first-order valence-electron chi connectivity index (χ1n) is 3.42. The number of carboxylic acids is 1. The molecule has 0 saturated heterocycles. The van der Waals surface area contributed by atoms with Gasteiger partial charge in [-0.3, -0.25) is 4.79 Å². The summed E-state index contributed by atoms with van der Waals surface area (Å²) in [6.07, 6.45) is 0. The number of hydrogen-bond acceptors (Lipinski definition) is 1. The van der Waals surface area contributed by atoms with E-state index in [1.165, 1.54) is 0 Å². The minimum atomic E-state index is -0.751. The Kier molecular flexibility index (Phi) is 1.90. The van der Waals surface area contributed by atoms with Gasteiger partial charge in [0.15, 0.2) is 0 Å². The molecule has 0 heterocycles. The first kappa shape index (κ1) is 7.86. The first-order chi connectivity index (χ1) is 4.55. The zero-order chi connectivity index (χ0) is 7.89. The van der Waals surface area contributed by atoms with Gasteiger partial charge in [-0.25, -0.2) is 0 Å². The molecule has 0 aromatic heterocycles. The summed E-state index contributed by atoms with van der Waals surface area (Å²) in [4.78, 5) is 10.4. The van der Waals surface area contributed by atoms with E-state index in [-0.39, 0.29) is 17.2 Å². The van der Waals surface area contributed by atoms with Crippen molar-refractivity contribution in [3.05, 3.63) is 0 Å². The highest BCUT2D eigenvalue weighted by Crippen LogP contribution is 2.48. The largest absolute Gasteiger partial charge is 0.481 e. The Morgan fingerprint density at radius 3 is 2.20 bits per heavy atom. The molecule has 0 radical (unpaired) electrons. The number of hydrogen-bond donors (Lipinski definition) is 1. The van der Waals surface area contributed by atoms with Crippen LogP contribution in [0.2, 0.25) is 0 Å². The van der Waals surface area contributed by atoms with Crippen LogP contribution < -0.4 is 0 Å². The van der Waals surface area contributed by atoms with Gasteiger partial charge in [-0.1, -0.05) is 13.8 Å². The molecule has 1 N–H and O–H groups in total. The molecule has 0 bridgehead atoms. The molecule has 0 unspecified atom stereocenters. The average Bonchev–Trinajstić information content (AvgIpc) is 2.40. The van der Waals surface area contributed by atoms with Gasteiger partial charge in [-0.15, -0.1) is 11.6 Å². The van der Waals surface area contributed by atoms with E-state index in [1.54, 1.807) is 0 Å². The van der Waals surface area contributed by atoms with Crippen LogP contribution in [0.25, 0.3) is 0 Å². The summed E-state index contributed by atoms with van der Waals surface area (Å²) in [5.41, 5.74) is 0. The fourth-order valence-corrected chi connectivity index (χ4v) is 2.02. The average molecular weight is 163 g/mol. The van der Waals surface area contributed by atoms with Crippen LogP contribution in [0.1, 0.15) is 13.8 Å². The van der Waals surface area contributed by atoms with E-state index in [4.69, 9.17) is 16.7 Å². The molecule has 0 aliphatic heterocycles. The van der Waals surface area contributed by atoms with Crippen LogP contribution in [0.4, 0.5) is 0 Å². The topological polar surface area (TPSA) is 37.3 Å². The van der Waals surface area contributed by atoms with Gasteiger partial charge in [0.05, 0.1) is 11.3 Å². The predicted molar refractivity (Wildman–Crippen MR) is 39.1 cm³/mol. The molecule has 0 amide bonds. The highest BCUT2D eigenvalue weighted by Gasteiger charge is 2.55. The Hall–Kier alpha value is -0.240. The van der Waals surface area contributed by atoms with Crippen molar-refractivity contribution in [3.8, 4) is 0 Å². The van der Waals surface area contributed by atoms with Crippen molar-refractivity contribution in [1.29, 1.82) is 0 Å². The lowest BCUT2D eigenvalue weighted by Gasteiger charge is -1.97. The van der Waals surface area contributed by atoms with Crippen molar-refractivity contribution >= 4 is 17.6 Å². The zero-order valence-electron chi connectivity index (χ0n) is 6.04. The number of alkyl halides is 1. The van der Waals surface area contributed by atoms with Gasteiger partial charge in [0.25, 0.3) is 0 Å². The van der Waals surface area contributed by atoms with Gasteiger partial charge < -0.3 is 5.11 Å². The molecule has 1 aliphatic carbocycles. The summed E-state index contributed by atoms with van der Waals surface area (Å²) >= 11 is 5.73. The lowest BCUT2D eigenvalue weighted by Crippen LogP contribution is -2.02. The van der Waals surface area contributed by atoms with Crippen LogP contribution in [0.3, 0.4) is 0 Å². The van der Waals surface area contributed by atoms with Crippen LogP contribution in [-0.4, -0.2) is 16.5 Å². The summed E-state index contributed by atoms with van der Waals surface area (Å²) < 4.78 is 0. The molecule has 2 nitrogen and oxygen atoms in total. The smallest absolute Gasteiger partial charge is 0.308 e. The highest BCUT2D eigenvalue weighted by molar-refractivity contribution is 6.24. The SMILES string of the molecule is CC(C)[C@@H]1[C@H](Cl)[C@@H]1C(=O)O. The van der Waals surface area contributed by atoms with E-state index in [0.717, 1.165) is 0 Å². The van der Waals surface area contributed by atoms with Crippen LogP contribution in [-0.2, 0) is 4.79 Å². The number of aliphatic carboxylic acids is 1. The first-order valence-corrected chi connectivity index (χ1v) is 3.86. The maximum Gasteiger partial charge on any atom is 0.308 e. The van der Waals surface area contributed by atoms with Gasteiger partial charge in [0.2, 0.25) is 0 Å². The monoisotopic (exact) mass is 162 g/mol. The number of carboxylic acid groups (broad SMARTS) is 1. The van der Waals surface area contributed by atoms with Crippen molar-refractivity contribution in [2.24, 2.45) is 17.8 Å². The molecule has 1 saturated carbocycles. The fraction of sp³-hybridized carbons (Fsp3) is 0.857. The third kappa shape index (κ3) is 1.12. The minimum absolute atomic E-state index is 0.127. The van der Waals surface area contributed by atoms with E-state index < -0.39 is 5.97 Å². The van der Waals surface area contributed by atoms with E-state index in [1.807, 2.05) is 13.8 Å². The molecular formula is C7H11ClO2. The third-order valence-corrected chi connectivity index (χ3v) is 2.60. The quantitative estimate of drug-likeness (QED) is 0.626. The molecule has 3 heteroatoms. The van der Waals surface area contributed by atoms with Gasteiger partial charge in [0, 0.05) is 0 Å². The Bertz CT molecular complexity index is 156. The molecular weight excluding hydrogens is 152 g/mol. The minimum Gasteiger partial charge on any atom is -0.481 e. The molecule has 1 rings (SSSR count). The molecule has 1 aliphatic rings. The van der Waals surface area contributed by atoms with Crippen molar-refractivity contribution in [2.45, 2.75) is 19.2 Å². The highest BCUT2D eigenvalue weighted by atomic mass is 35.5. The lowest BCUT2D eigenvalue weighted by atomic mass is 10.1. The summed E-state index contributed by atoms with van der Waals surface area (Å²) in [6.45, 7) is 4.01. The van der Waals surface area contributed by atoms with E-state index in [2.05, 4.69) is 0 Å². The third-order valence-electron chi connectivity index (χ3n) is 2.04. The van der Waals surface area contributed by atoms with Gasteiger partial charge in [-0.05, 0) is 11.8 Å². The number of halogens is 1. The second kappa shape index (κ2) is 2.42. The maximum absolute atomic E-state index is 10.4. The molecule has 0 spiro atoms. The molecule has 58 valence electrons. The van der Waals surface area contributed by atoms with Gasteiger partial charge >= 0.3 is 5.97 Å². The fourth-order valence-electron chi connectivity index (χ4n) is 1.38. The second-order valence-electron chi connectivity index (χ2n) is 3.13. The van der Waals surface area contributed by atoms with Gasteiger partial charge in [-0.2, -0.15) is 0 Å². The van der Waals surface area contributed by atoms with E-state index in [0.29, 0.717) is 5.92 Å². The van der Waals surface area contributed by atoms with E-state index >= 15 is 0 Å². The summed E-state index contributed by atoms with van der Waals surface area (Å²) in [5, 5.41) is 8.43. The predicted octanol–water partition coefficient (Wildman–Crippen LogP) is 1.58. The van der Waals surface area contributed by atoms with Crippen molar-refractivity contribution in [2.75, 3.05) is 0 Å². The second-order valence-corrected chi connectivity index (χ2v) is 3.63. The molecule has 3 atom stereocenters. The Morgan fingerprint density at radius 2 is 2.10 bits per heavy atom. The zero-order valence-corrected chi connectivity index (χ0v) is 6.80. The van der Waals surface area contributed by atoms with Crippen molar-refractivity contribution < 1.29 is 9.90 Å². The maximum atomic E-state index is 10.4. The molecule has 0 aromatic carbocycles. The summed E-state index contributed by atoms with van der Waals surface area (Å²) in [6, 6.07) is 0. The van der Waals surface area contributed by atoms with Crippen molar-refractivity contribution in [3.63, 3.8) is 0 Å².